The number of aliphatic hydroxyl groups is 1. The van der Waals surface area contributed by atoms with Crippen LogP contribution >= 0.6 is 0 Å². The molecule has 1 atom stereocenters. The third kappa shape index (κ3) is 5.35. The Hall–Kier alpha value is -3.77. The number of benzene rings is 3. The van der Waals surface area contributed by atoms with Gasteiger partial charge in [0.1, 0.15) is 29.8 Å². The van der Waals surface area contributed by atoms with E-state index in [-0.39, 0.29) is 13.2 Å². The molecular weight excluding hydrogens is 414 g/mol. The summed E-state index contributed by atoms with van der Waals surface area (Å²) in [7, 11) is 0. The van der Waals surface area contributed by atoms with E-state index in [4.69, 9.17) is 4.74 Å². The van der Waals surface area contributed by atoms with Crippen molar-refractivity contribution in [3.05, 3.63) is 101 Å². The van der Waals surface area contributed by atoms with Crippen molar-refractivity contribution in [1.29, 1.82) is 0 Å². The molecule has 0 saturated carbocycles. The topological polar surface area (TPSA) is 77.2 Å². The van der Waals surface area contributed by atoms with Gasteiger partial charge in [0.2, 0.25) is 0 Å². The van der Waals surface area contributed by atoms with E-state index in [1.807, 2.05) is 84.9 Å². The van der Waals surface area contributed by atoms with Crippen LogP contribution < -0.4 is 10.4 Å². The van der Waals surface area contributed by atoms with E-state index in [2.05, 4.69) is 23.9 Å². The van der Waals surface area contributed by atoms with Crippen molar-refractivity contribution in [3.8, 4) is 28.3 Å². The number of rotatable bonds is 8. The predicted molar refractivity (Wildman–Crippen MR) is 129 cm³/mol. The minimum atomic E-state index is -0.927. The molecule has 1 aromatic heterocycles. The summed E-state index contributed by atoms with van der Waals surface area (Å²) >= 11 is 0. The van der Waals surface area contributed by atoms with Crippen molar-refractivity contribution in [1.82, 2.24) is 14.8 Å². The van der Waals surface area contributed by atoms with Crippen LogP contribution in [0.15, 0.2) is 89.7 Å². The maximum atomic E-state index is 12.8. The van der Waals surface area contributed by atoms with Crippen molar-refractivity contribution in [2.75, 3.05) is 6.61 Å². The summed E-state index contributed by atoms with van der Waals surface area (Å²) in [6.07, 6.45) is -0.927. The zero-order chi connectivity index (χ0) is 23.2. The molecule has 1 unspecified atom stereocenters. The van der Waals surface area contributed by atoms with Gasteiger partial charge in [-0.05, 0) is 17.5 Å². The van der Waals surface area contributed by atoms with Gasteiger partial charge in [0, 0.05) is 11.1 Å². The molecular formula is C27H27N3O3. The van der Waals surface area contributed by atoms with Crippen LogP contribution in [0.25, 0.3) is 22.5 Å². The smallest absolute Gasteiger partial charge is 0.364 e. The first-order chi connectivity index (χ1) is 16.0. The Bertz CT molecular complexity index is 1250. The van der Waals surface area contributed by atoms with Gasteiger partial charge in [0.05, 0.1) is 6.54 Å². The molecule has 0 fully saturated rings. The van der Waals surface area contributed by atoms with Crippen LogP contribution in [-0.4, -0.2) is 32.6 Å². The number of hydrogen-bond donors (Lipinski definition) is 1. The number of para-hydroxylation sites is 1. The lowest BCUT2D eigenvalue weighted by atomic mass is 10.0. The molecule has 4 aromatic rings. The highest BCUT2D eigenvalue weighted by atomic mass is 16.5. The molecule has 0 saturated heterocycles. The maximum absolute atomic E-state index is 12.8. The molecule has 0 amide bonds. The van der Waals surface area contributed by atoms with Crippen LogP contribution in [0.1, 0.15) is 25.3 Å². The molecule has 33 heavy (non-hydrogen) atoms. The van der Waals surface area contributed by atoms with Crippen molar-refractivity contribution in [2.45, 2.75) is 32.4 Å². The molecule has 6 heteroatoms. The van der Waals surface area contributed by atoms with Gasteiger partial charge in [-0.2, -0.15) is 10.1 Å². The molecule has 1 N–H and O–H groups in total. The van der Waals surface area contributed by atoms with E-state index < -0.39 is 11.8 Å². The largest absolute Gasteiger partial charge is 0.491 e. The second kappa shape index (κ2) is 10.2. The summed E-state index contributed by atoms with van der Waals surface area (Å²) in [4.78, 5) is 17.1. The first kappa shape index (κ1) is 22.4. The molecule has 0 spiro atoms. The molecule has 168 valence electrons. The standard InChI is InChI=1S/C27H27N3O3/c1-19(2)23-15-9-10-16-24(23)33-18-22(31)17-30-27(32)28-25(20-11-5-3-6-12-20)26(29-30)21-13-7-4-8-14-21/h3-16,19,22,31H,17-18H2,1-2H3. The van der Waals surface area contributed by atoms with E-state index in [0.717, 1.165) is 22.4 Å². The molecule has 0 radical (unpaired) electrons. The first-order valence-corrected chi connectivity index (χ1v) is 11.0. The summed E-state index contributed by atoms with van der Waals surface area (Å²) in [6.45, 7) is 4.20. The zero-order valence-corrected chi connectivity index (χ0v) is 18.8. The molecule has 0 bridgehead atoms. The van der Waals surface area contributed by atoms with Gasteiger partial charge < -0.3 is 9.84 Å². The minimum absolute atomic E-state index is 0.0232. The van der Waals surface area contributed by atoms with Gasteiger partial charge >= 0.3 is 5.69 Å². The summed E-state index contributed by atoms with van der Waals surface area (Å²) in [5, 5.41) is 15.2. The molecule has 3 aromatic carbocycles. The van der Waals surface area contributed by atoms with Crippen LogP contribution in [0, 0.1) is 0 Å². The second-order valence-corrected chi connectivity index (χ2v) is 8.16. The highest BCUT2D eigenvalue weighted by Crippen LogP contribution is 2.28. The lowest BCUT2D eigenvalue weighted by Crippen LogP contribution is -2.34. The molecule has 0 aliphatic carbocycles. The fourth-order valence-electron chi connectivity index (χ4n) is 3.65. The van der Waals surface area contributed by atoms with Gasteiger partial charge in [0.15, 0.2) is 0 Å². The van der Waals surface area contributed by atoms with E-state index in [9.17, 15) is 9.90 Å². The summed E-state index contributed by atoms with van der Waals surface area (Å²) in [5.41, 5.74) is 3.30. The van der Waals surface area contributed by atoms with Crippen molar-refractivity contribution < 1.29 is 9.84 Å². The number of aromatic nitrogens is 3. The Morgan fingerprint density at radius 3 is 2.06 bits per heavy atom. The van der Waals surface area contributed by atoms with Crippen LogP contribution in [0.2, 0.25) is 0 Å². The van der Waals surface area contributed by atoms with E-state index in [1.165, 1.54) is 4.68 Å². The van der Waals surface area contributed by atoms with Gasteiger partial charge in [-0.3, -0.25) is 0 Å². The Balaban J connectivity index is 1.60. The zero-order valence-electron chi connectivity index (χ0n) is 18.8. The Morgan fingerprint density at radius 1 is 0.848 bits per heavy atom. The molecule has 0 aliphatic rings. The Morgan fingerprint density at radius 2 is 1.42 bits per heavy atom. The highest BCUT2D eigenvalue weighted by molar-refractivity contribution is 5.77. The third-order valence-corrected chi connectivity index (χ3v) is 5.32. The predicted octanol–water partition coefficient (Wildman–Crippen LogP) is 4.54. The van der Waals surface area contributed by atoms with E-state index >= 15 is 0 Å². The summed E-state index contributed by atoms with van der Waals surface area (Å²) in [6, 6.07) is 26.9. The fraction of sp³-hybridized carbons (Fsp3) is 0.222. The Kier molecular flexibility index (Phi) is 6.95. The second-order valence-electron chi connectivity index (χ2n) is 8.16. The third-order valence-electron chi connectivity index (χ3n) is 5.32. The summed E-state index contributed by atoms with van der Waals surface area (Å²) < 4.78 is 7.07. The van der Waals surface area contributed by atoms with Crippen molar-refractivity contribution in [3.63, 3.8) is 0 Å². The van der Waals surface area contributed by atoms with Gasteiger partial charge in [-0.1, -0.05) is 92.7 Å². The lowest BCUT2D eigenvalue weighted by Gasteiger charge is -2.17. The molecule has 6 nitrogen and oxygen atoms in total. The van der Waals surface area contributed by atoms with E-state index in [0.29, 0.717) is 17.3 Å². The number of aliphatic hydroxyl groups excluding tert-OH is 1. The van der Waals surface area contributed by atoms with E-state index in [1.54, 1.807) is 0 Å². The van der Waals surface area contributed by atoms with Crippen molar-refractivity contribution >= 4 is 0 Å². The average molecular weight is 442 g/mol. The molecule has 0 aliphatic heterocycles. The first-order valence-electron chi connectivity index (χ1n) is 11.0. The van der Waals surface area contributed by atoms with Crippen LogP contribution in [-0.2, 0) is 6.54 Å². The van der Waals surface area contributed by atoms with Crippen LogP contribution in [0.5, 0.6) is 5.75 Å². The van der Waals surface area contributed by atoms with Gasteiger partial charge in [-0.15, -0.1) is 0 Å². The monoisotopic (exact) mass is 441 g/mol. The van der Waals surface area contributed by atoms with Gasteiger partial charge in [-0.25, -0.2) is 9.48 Å². The number of nitrogens with zero attached hydrogens (tertiary/aromatic N) is 3. The Labute approximate surface area is 193 Å². The minimum Gasteiger partial charge on any atom is -0.491 e. The lowest BCUT2D eigenvalue weighted by molar-refractivity contribution is 0.0870. The highest BCUT2D eigenvalue weighted by Gasteiger charge is 2.17. The van der Waals surface area contributed by atoms with Crippen LogP contribution in [0.3, 0.4) is 0 Å². The number of hydrogen-bond acceptors (Lipinski definition) is 5. The van der Waals surface area contributed by atoms with Crippen molar-refractivity contribution in [2.24, 2.45) is 0 Å². The van der Waals surface area contributed by atoms with Crippen LogP contribution in [0.4, 0.5) is 0 Å². The molecule has 1 heterocycles. The normalized spacial score (nSPS) is 12.0. The maximum Gasteiger partial charge on any atom is 0.364 e. The SMILES string of the molecule is CC(C)c1ccccc1OCC(O)Cn1nc(-c2ccccc2)c(-c2ccccc2)nc1=O. The molecule has 4 rings (SSSR count). The average Bonchev–Trinajstić information content (AvgIpc) is 2.85. The quantitative estimate of drug-likeness (QED) is 0.435. The summed E-state index contributed by atoms with van der Waals surface area (Å²) in [5.74, 6) is 1.03. The fourth-order valence-corrected chi connectivity index (χ4v) is 3.65. The van der Waals surface area contributed by atoms with Gasteiger partial charge in [0.25, 0.3) is 0 Å². The number of ether oxygens (including phenoxy) is 1.